The van der Waals surface area contributed by atoms with Crippen LogP contribution in [0.5, 0.6) is 0 Å². The van der Waals surface area contributed by atoms with Crippen LogP contribution < -0.4 is 5.32 Å². The van der Waals surface area contributed by atoms with Crippen LogP contribution >= 0.6 is 11.3 Å². The van der Waals surface area contributed by atoms with Crippen molar-refractivity contribution in [2.75, 3.05) is 0 Å². The number of aromatic nitrogens is 2. The van der Waals surface area contributed by atoms with Gasteiger partial charge in [0.1, 0.15) is 0 Å². The molecule has 17 heavy (non-hydrogen) atoms. The molecule has 2 aromatic heterocycles. The number of carbonyl (C=O) groups is 1. The summed E-state index contributed by atoms with van der Waals surface area (Å²) in [5.74, 6) is -0.0781. The molecule has 90 valence electrons. The molecule has 0 aliphatic carbocycles. The van der Waals surface area contributed by atoms with Gasteiger partial charge in [-0.05, 0) is 17.9 Å². The fourth-order valence-electron chi connectivity index (χ4n) is 1.68. The minimum absolute atomic E-state index is 0.0781. The Bertz CT molecular complexity index is 450. The highest BCUT2D eigenvalue weighted by Crippen LogP contribution is 2.23. The third-order valence-corrected chi connectivity index (χ3v) is 3.52. The Morgan fingerprint density at radius 3 is 3.12 bits per heavy atom. The van der Waals surface area contributed by atoms with E-state index in [9.17, 15) is 4.79 Å². The smallest absolute Gasteiger partial charge is 0.254 e. The van der Waals surface area contributed by atoms with Gasteiger partial charge in [0.2, 0.25) is 0 Å². The average molecular weight is 249 g/mol. The van der Waals surface area contributed by atoms with Gasteiger partial charge in [-0.15, -0.1) is 11.3 Å². The van der Waals surface area contributed by atoms with Crippen LogP contribution in [0.15, 0.2) is 29.9 Å². The van der Waals surface area contributed by atoms with E-state index in [0.717, 1.165) is 12.8 Å². The normalized spacial score (nSPS) is 12.3. The molecule has 0 radical (unpaired) electrons. The fourth-order valence-corrected chi connectivity index (χ4v) is 2.49. The van der Waals surface area contributed by atoms with E-state index < -0.39 is 0 Å². The molecule has 0 aliphatic rings. The summed E-state index contributed by atoms with van der Waals surface area (Å²) in [6, 6.07) is 4.16. The van der Waals surface area contributed by atoms with Crippen molar-refractivity contribution in [3.63, 3.8) is 0 Å². The van der Waals surface area contributed by atoms with Gasteiger partial charge in [-0.25, -0.2) is 0 Å². The fraction of sp³-hybridized carbons (Fsp3) is 0.333. The minimum atomic E-state index is -0.0781. The average Bonchev–Trinajstić information content (AvgIpc) is 3.01. The summed E-state index contributed by atoms with van der Waals surface area (Å²) in [6.07, 6.45) is 5.12. The Morgan fingerprint density at radius 1 is 1.65 bits per heavy atom. The molecule has 0 spiro atoms. The summed E-state index contributed by atoms with van der Waals surface area (Å²) in [7, 11) is 0. The van der Waals surface area contributed by atoms with Crippen LogP contribution in [0.2, 0.25) is 0 Å². The van der Waals surface area contributed by atoms with E-state index in [0.29, 0.717) is 5.56 Å². The second-order valence-corrected chi connectivity index (χ2v) is 4.80. The molecule has 1 amide bonds. The summed E-state index contributed by atoms with van der Waals surface area (Å²) >= 11 is 1.67. The largest absolute Gasteiger partial charge is 0.344 e. The summed E-state index contributed by atoms with van der Waals surface area (Å²) in [5.41, 5.74) is 0.572. The standard InChI is InChI=1S/C12H15N3OS/c1-2-4-10(11-5-3-6-17-11)15-12(16)9-7-13-14-8-9/h3,5-8,10H,2,4H2,1H3,(H,13,14)(H,15,16). The molecule has 0 aromatic carbocycles. The van der Waals surface area contributed by atoms with Crippen molar-refractivity contribution < 1.29 is 4.79 Å². The van der Waals surface area contributed by atoms with Gasteiger partial charge in [-0.1, -0.05) is 19.4 Å². The molecule has 2 N–H and O–H groups in total. The summed E-state index contributed by atoms with van der Waals surface area (Å²) in [4.78, 5) is 13.1. The molecule has 4 nitrogen and oxygen atoms in total. The van der Waals surface area contributed by atoms with Gasteiger partial charge >= 0.3 is 0 Å². The van der Waals surface area contributed by atoms with Gasteiger partial charge in [-0.2, -0.15) is 5.10 Å². The predicted octanol–water partition coefficient (Wildman–Crippen LogP) is 2.74. The predicted molar refractivity (Wildman–Crippen MR) is 68.0 cm³/mol. The van der Waals surface area contributed by atoms with Gasteiger partial charge in [0, 0.05) is 11.1 Å². The maximum atomic E-state index is 11.9. The number of hydrogen-bond donors (Lipinski definition) is 2. The number of H-pyrrole nitrogens is 1. The number of nitrogens with one attached hydrogen (secondary N) is 2. The quantitative estimate of drug-likeness (QED) is 0.856. The Balaban J connectivity index is 2.06. The molecule has 2 heterocycles. The number of amides is 1. The Hall–Kier alpha value is -1.62. The molecule has 0 aliphatic heterocycles. The molecule has 5 heteroatoms. The zero-order valence-electron chi connectivity index (χ0n) is 9.64. The van der Waals surface area contributed by atoms with Crippen LogP contribution in [0.25, 0.3) is 0 Å². The Labute approximate surface area is 104 Å². The lowest BCUT2D eigenvalue weighted by Crippen LogP contribution is -2.27. The molecule has 2 aromatic rings. The van der Waals surface area contributed by atoms with E-state index in [2.05, 4.69) is 28.5 Å². The lowest BCUT2D eigenvalue weighted by molar-refractivity contribution is 0.0935. The second kappa shape index (κ2) is 5.63. The maximum Gasteiger partial charge on any atom is 0.254 e. The van der Waals surface area contributed by atoms with Crippen LogP contribution in [-0.4, -0.2) is 16.1 Å². The first-order valence-corrected chi connectivity index (χ1v) is 6.52. The molecule has 1 atom stereocenters. The molecular formula is C12H15N3OS. The topological polar surface area (TPSA) is 57.8 Å². The monoisotopic (exact) mass is 249 g/mol. The van der Waals surface area contributed by atoms with Crippen molar-refractivity contribution >= 4 is 17.2 Å². The highest BCUT2D eigenvalue weighted by molar-refractivity contribution is 7.10. The third-order valence-electron chi connectivity index (χ3n) is 2.53. The zero-order valence-corrected chi connectivity index (χ0v) is 10.5. The molecule has 2 rings (SSSR count). The summed E-state index contributed by atoms with van der Waals surface area (Å²) in [6.45, 7) is 2.12. The van der Waals surface area contributed by atoms with Crippen molar-refractivity contribution in [3.8, 4) is 0 Å². The maximum absolute atomic E-state index is 11.9. The van der Waals surface area contributed by atoms with E-state index in [-0.39, 0.29) is 11.9 Å². The highest BCUT2D eigenvalue weighted by atomic mass is 32.1. The number of aromatic amines is 1. The van der Waals surface area contributed by atoms with Gasteiger partial charge in [-0.3, -0.25) is 9.89 Å². The summed E-state index contributed by atoms with van der Waals surface area (Å²) in [5, 5.41) is 11.5. The van der Waals surface area contributed by atoms with Crippen molar-refractivity contribution in [1.82, 2.24) is 15.5 Å². The van der Waals surface area contributed by atoms with Crippen LogP contribution in [0, 0.1) is 0 Å². The molecule has 0 fully saturated rings. The van der Waals surface area contributed by atoms with Crippen LogP contribution in [0.3, 0.4) is 0 Å². The van der Waals surface area contributed by atoms with E-state index in [1.54, 1.807) is 17.5 Å². The van der Waals surface area contributed by atoms with Gasteiger partial charge in [0.15, 0.2) is 0 Å². The van der Waals surface area contributed by atoms with Gasteiger partial charge in [0.25, 0.3) is 5.91 Å². The number of carbonyl (C=O) groups excluding carboxylic acids is 1. The first-order chi connectivity index (χ1) is 8.31. The summed E-state index contributed by atoms with van der Waals surface area (Å²) < 4.78 is 0. The molecule has 0 bridgehead atoms. The van der Waals surface area contributed by atoms with E-state index in [1.807, 2.05) is 11.4 Å². The Morgan fingerprint density at radius 2 is 2.53 bits per heavy atom. The lowest BCUT2D eigenvalue weighted by Gasteiger charge is -2.16. The number of hydrogen-bond acceptors (Lipinski definition) is 3. The van der Waals surface area contributed by atoms with E-state index in [4.69, 9.17) is 0 Å². The minimum Gasteiger partial charge on any atom is -0.344 e. The van der Waals surface area contributed by atoms with E-state index in [1.165, 1.54) is 11.1 Å². The molecular weight excluding hydrogens is 234 g/mol. The SMILES string of the molecule is CCCC(NC(=O)c1cn[nH]c1)c1cccs1. The number of rotatable bonds is 5. The van der Waals surface area contributed by atoms with Crippen molar-refractivity contribution in [3.05, 3.63) is 40.3 Å². The lowest BCUT2D eigenvalue weighted by atomic mass is 10.1. The van der Waals surface area contributed by atoms with Gasteiger partial charge < -0.3 is 5.32 Å². The van der Waals surface area contributed by atoms with E-state index >= 15 is 0 Å². The van der Waals surface area contributed by atoms with Crippen molar-refractivity contribution in [2.45, 2.75) is 25.8 Å². The number of thiophene rings is 1. The van der Waals surface area contributed by atoms with Crippen LogP contribution in [0.4, 0.5) is 0 Å². The molecule has 1 unspecified atom stereocenters. The number of nitrogens with zero attached hydrogens (tertiary/aromatic N) is 1. The third kappa shape index (κ3) is 2.94. The zero-order chi connectivity index (χ0) is 12.1. The molecule has 0 saturated heterocycles. The van der Waals surface area contributed by atoms with Crippen LogP contribution in [0.1, 0.15) is 41.0 Å². The highest BCUT2D eigenvalue weighted by Gasteiger charge is 2.16. The molecule has 0 saturated carbocycles. The van der Waals surface area contributed by atoms with Gasteiger partial charge in [0.05, 0.1) is 17.8 Å². The van der Waals surface area contributed by atoms with Crippen LogP contribution in [-0.2, 0) is 0 Å². The van der Waals surface area contributed by atoms with Crippen molar-refractivity contribution in [2.24, 2.45) is 0 Å². The Kier molecular flexibility index (Phi) is 3.93. The first kappa shape index (κ1) is 11.9. The second-order valence-electron chi connectivity index (χ2n) is 3.82. The van der Waals surface area contributed by atoms with Crippen molar-refractivity contribution in [1.29, 1.82) is 0 Å². The first-order valence-electron chi connectivity index (χ1n) is 5.64.